The average molecular weight is 497 g/mol. The molecule has 2 aliphatic heterocycles. The summed E-state index contributed by atoms with van der Waals surface area (Å²) in [7, 11) is -3.73. The van der Waals surface area contributed by atoms with Gasteiger partial charge in [0.2, 0.25) is 15.8 Å². The highest BCUT2D eigenvalue weighted by Gasteiger charge is 2.31. The number of pyridine rings is 1. The number of benzene rings is 1. The van der Waals surface area contributed by atoms with Crippen molar-refractivity contribution in [1.82, 2.24) is 24.3 Å². The second-order valence-corrected chi connectivity index (χ2v) is 10.7. The molecule has 0 spiro atoms. The van der Waals surface area contributed by atoms with Gasteiger partial charge in [0.1, 0.15) is 5.82 Å². The molecule has 11 heteroatoms. The SMILES string of the molecule is Cc1ccc(-c2noc(C(=O)N3CCCCC3)n2)cc1S(=O)(=O)N1CCN(c2ccccn2)CC1. The Kier molecular flexibility index (Phi) is 6.52. The molecule has 0 saturated carbocycles. The highest BCUT2D eigenvalue weighted by atomic mass is 32.2. The molecule has 2 fully saturated rings. The van der Waals surface area contributed by atoms with Gasteiger partial charge in [0.25, 0.3) is 0 Å². The number of carbonyl (C=O) groups is 1. The number of anilines is 1. The molecule has 0 radical (unpaired) electrons. The van der Waals surface area contributed by atoms with Crippen molar-refractivity contribution in [2.45, 2.75) is 31.1 Å². The van der Waals surface area contributed by atoms with Crippen LogP contribution in [0, 0.1) is 6.92 Å². The largest absolute Gasteiger partial charge is 0.354 e. The fraction of sp³-hybridized carbons (Fsp3) is 0.417. The van der Waals surface area contributed by atoms with Gasteiger partial charge in [0.15, 0.2) is 0 Å². The lowest BCUT2D eigenvalue weighted by Gasteiger charge is -2.34. The lowest BCUT2D eigenvalue weighted by molar-refractivity contribution is 0.0674. The Morgan fingerprint density at radius 1 is 0.971 bits per heavy atom. The van der Waals surface area contributed by atoms with Crippen molar-refractivity contribution in [3.63, 3.8) is 0 Å². The van der Waals surface area contributed by atoms with Crippen LogP contribution in [-0.4, -0.2) is 77.9 Å². The molecule has 184 valence electrons. The van der Waals surface area contributed by atoms with Crippen molar-refractivity contribution in [3.8, 4) is 11.4 Å². The third-order valence-electron chi connectivity index (χ3n) is 6.53. The van der Waals surface area contributed by atoms with E-state index in [9.17, 15) is 13.2 Å². The van der Waals surface area contributed by atoms with Crippen molar-refractivity contribution in [2.24, 2.45) is 0 Å². The minimum absolute atomic E-state index is 0.0717. The van der Waals surface area contributed by atoms with Crippen LogP contribution in [0.15, 0.2) is 52.0 Å². The van der Waals surface area contributed by atoms with Crippen LogP contribution in [0.4, 0.5) is 5.82 Å². The quantitative estimate of drug-likeness (QED) is 0.530. The maximum Gasteiger partial charge on any atom is 0.316 e. The first-order valence-corrected chi connectivity index (χ1v) is 13.3. The highest BCUT2D eigenvalue weighted by Crippen LogP contribution is 2.27. The molecular formula is C24H28N6O4S. The number of sulfonamides is 1. The summed E-state index contributed by atoms with van der Waals surface area (Å²) < 4.78 is 33.8. The summed E-state index contributed by atoms with van der Waals surface area (Å²) in [6.07, 6.45) is 4.76. The number of piperidine rings is 1. The van der Waals surface area contributed by atoms with Crippen molar-refractivity contribution >= 4 is 21.7 Å². The van der Waals surface area contributed by atoms with Crippen LogP contribution in [0.3, 0.4) is 0 Å². The first-order chi connectivity index (χ1) is 16.9. The topological polar surface area (TPSA) is 113 Å². The first kappa shape index (κ1) is 23.4. The summed E-state index contributed by atoms with van der Waals surface area (Å²) in [6, 6.07) is 10.7. The van der Waals surface area contributed by atoms with Gasteiger partial charge in [-0.05, 0) is 49.9 Å². The Morgan fingerprint density at radius 3 is 2.46 bits per heavy atom. The molecule has 4 heterocycles. The molecule has 0 aliphatic carbocycles. The maximum absolute atomic E-state index is 13.5. The summed E-state index contributed by atoms with van der Waals surface area (Å²) in [5, 5.41) is 3.96. The number of carbonyl (C=O) groups excluding carboxylic acids is 1. The van der Waals surface area contributed by atoms with E-state index in [0.29, 0.717) is 50.4 Å². The second kappa shape index (κ2) is 9.74. The summed E-state index contributed by atoms with van der Waals surface area (Å²) in [5.74, 6) is 0.684. The molecule has 1 aromatic carbocycles. The second-order valence-electron chi connectivity index (χ2n) is 8.84. The van der Waals surface area contributed by atoms with Gasteiger partial charge in [-0.2, -0.15) is 9.29 Å². The van der Waals surface area contributed by atoms with Crippen LogP contribution in [0.5, 0.6) is 0 Å². The predicted octanol–water partition coefficient (Wildman–Crippen LogP) is 2.58. The Morgan fingerprint density at radius 2 is 1.74 bits per heavy atom. The van der Waals surface area contributed by atoms with Gasteiger partial charge < -0.3 is 14.3 Å². The molecule has 10 nitrogen and oxygen atoms in total. The Labute approximate surface area is 204 Å². The minimum atomic E-state index is -3.73. The van der Waals surface area contributed by atoms with Gasteiger partial charge in [0.05, 0.1) is 4.90 Å². The predicted molar refractivity (Wildman–Crippen MR) is 129 cm³/mol. The fourth-order valence-corrected chi connectivity index (χ4v) is 6.19. The number of amides is 1. The molecule has 3 aromatic rings. The van der Waals surface area contributed by atoms with Gasteiger partial charge in [-0.15, -0.1) is 0 Å². The average Bonchev–Trinajstić information content (AvgIpc) is 3.40. The zero-order valence-electron chi connectivity index (χ0n) is 19.6. The Hall–Kier alpha value is -3.31. The number of aryl methyl sites for hydroxylation is 1. The molecule has 5 rings (SSSR count). The molecule has 35 heavy (non-hydrogen) atoms. The first-order valence-electron chi connectivity index (χ1n) is 11.8. The van der Waals surface area contributed by atoms with Crippen LogP contribution < -0.4 is 4.90 Å². The van der Waals surface area contributed by atoms with Crippen molar-refractivity contribution in [1.29, 1.82) is 0 Å². The highest BCUT2D eigenvalue weighted by molar-refractivity contribution is 7.89. The summed E-state index contributed by atoms with van der Waals surface area (Å²) in [5.41, 5.74) is 1.12. The van der Waals surface area contributed by atoms with E-state index in [2.05, 4.69) is 20.0 Å². The van der Waals surface area contributed by atoms with Gasteiger partial charge in [0, 0.05) is 51.0 Å². The standard InChI is InChI=1S/C24H28N6O4S/c1-18-8-9-19(22-26-23(34-27-22)24(31)29-11-5-2-6-12-29)17-20(18)35(32,33)30-15-13-28(14-16-30)21-7-3-4-10-25-21/h3-4,7-10,17H,2,5-6,11-16H2,1H3. The van der Waals surface area contributed by atoms with E-state index in [0.717, 1.165) is 25.1 Å². The monoisotopic (exact) mass is 496 g/mol. The van der Waals surface area contributed by atoms with Crippen LogP contribution in [-0.2, 0) is 10.0 Å². The number of hydrogen-bond donors (Lipinski definition) is 0. The number of rotatable bonds is 5. The lowest BCUT2D eigenvalue weighted by Crippen LogP contribution is -2.49. The van der Waals surface area contributed by atoms with Crippen molar-refractivity contribution in [3.05, 3.63) is 54.0 Å². The summed E-state index contributed by atoms with van der Waals surface area (Å²) in [4.78, 5) is 25.3. The smallest absolute Gasteiger partial charge is 0.316 e. The third-order valence-corrected chi connectivity index (χ3v) is 8.57. The number of piperazine rings is 1. The van der Waals surface area contributed by atoms with Gasteiger partial charge in [-0.1, -0.05) is 23.4 Å². The lowest BCUT2D eigenvalue weighted by atomic mass is 10.1. The molecule has 2 aromatic heterocycles. The van der Waals surface area contributed by atoms with Crippen LogP contribution in [0.1, 0.15) is 35.5 Å². The normalized spacial score (nSPS) is 17.5. The number of likely N-dealkylation sites (tertiary alicyclic amines) is 1. The van der Waals surface area contributed by atoms with E-state index < -0.39 is 10.0 Å². The maximum atomic E-state index is 13.5. The zero-order chi connectivity index (χ0) is 24.4. The van der Waals surface area contributed by atoms with Crippen LogP contribution in [0.25, 0.3) is 11.4 Å². The van der Waals surface area contributed by atoms with E-state index in [1.807, 2.05) is 18.2 Å². The van der Waals surface area contributed by atoms with Crippen molar-refractivity contribution in [2.75, 3.05) is 44.2 Å². The van der Waals surface area contributed by atoms with E-state index in [1.54, 1.807) is 36.2 Å². The van der Waals surface area contributed by atoms with E-state index in [4.69, 9.17) is 4.52 Å². The van der Waals surface area contributed by atoms with Gasteiger partial charge in [-0.3, -0.25) is 4.79 Å². The number of nitrogens with zero attached hydrogens (tertiary/aromatic N) is 6. The summed E-state index contributed by atoms with van der Waals surface area (Å²) >= 11 is 0. The molecule has 2 saturated heterocycles. The molecule has 0 unspecified atom stereocenters. The molecule has 0 N–H and O–H groups in total. The van der Waals surface area contributed by atoms with Crippen LogP contribution in [0.2, 0.25) is 0 Å². The number of aromatic nitrogens is 3. The van der Waals surface area contributed by atoms with Crippen LogP contribution >= 0.6 is 0 Å². The molecule has 0 bridgehead atoms. The van der Waals surface area contributed by atoms with E-state index in [1.165, 1.54) is 4.31 Å². The third kappa shape index (κ3) is 4.78. The zero-order valence-corrected chi connectivity index (χ0v) is 20.4. The van der Waals surface area contributed by atoms with Gasteiger partial charge >= 0.3 is 11.8 Å². The molecular weight excluding hydrogens is 468 g/mol. The van der Waals surface area contributed by atoms with Gasteiger partial charge in [-0.25, -0.2) is 13.4 Å². The molecule has 2 aliphatic rings. The molecule has 1 amide bonds. The Bertz CT molecular complexity index is 1300. The van der Waals surface area contributed by atoms with E-state index >= 15 is 0 Å². The fourth-order valence-electron chi connectivity index (χ4n) is 4.51. The van der Waals surface area contributed by atoms with E-state index in [-0.39, 0.29) is 22.5 Å². The molecule has 0 atom stereocenters. The summed E-state index contributed by atoms with van der Waals surface area (Å²) in [6.45, 7) is 4.96. The Balaban J connectivity index is 1.34. The number of hydrogen-bond acceptors (Lipinski definition) is 8. The van der Waals surface area contributed by atoms with Crippen molar-refractivity contribution < 1.29 is 17.7 Å². The minimum Gasteiger partial charge on any atom is -0.354 e.